The average molecular weight is 477 g/mol. The highest BCUT2D eigenvalue weighted by Crippen LogP contribution is 2.17. The zero-order chi connectivity index (χ0) is 23.5. The van der Waals surface area contributed by atoms with E-state index in [1.165, 1.54) is 4.90 Å². The Morgan fingerprint density at radius 1 is 1.22 bits per heavy atom. The maximum Gasteiger partial charge on any atom is 0.272 e. The molecule has 0 atom stereocenters. The van der Waals surface area contributed by atoms with Crippen LogP contribution in [-0.4, -0.2) is 54.8 Å². The lowest BCUT2D eigenvalue weighted by atomic mass is 10.1. The lowest BCUT2D eigenvalue weighted by Crippen LogP contribution is -2.47. The number of amides is 2. The number of carbonyl (C=O) groups is 2. The lowest BCUT2D eigenvalue weighted by molar-refractivity contribution is 0.0698. The van der Waals surface area contributed by atoms with Crippen molar-refractivity contribution in [3.63, 3.8) is 0 Å². The van der Waals surface area contributed by atoms with Crippen LogP contribution in [0.2, 0.25) is 5.02 Å². The zero-order valence-corrected chi connectivity index (χ0v) is 18.9. The van der Waals surface area contributed by atoms with Gasteiger partial charge in [-0.1, -0.05) is 23.7 Å². The molecule has 0 bridgehead atoms. The molecule has 2 heterocycles. The molecule has 0 unspecified atom stereocenters. The van der Waals surface area contributed by atoms with Crippen molar-refractivity contribution >= 4 is 33.3 Å². The Morgan fingerprint density at radius 3 is 2.53 bits per heavy atom. The van der Waals surface area contributed by atoms with Crippen molar-refractivity contribution in [1.29, 1.82) is 5.26 Å². The van der Waals surface area contributed by atoms with E-state index in [1.54, 1.807) is 24.3 Å². The molecule has 0 saturated heterocycles. The number of rotatable bonds is 7. The largest absolute Gasteiger partial charge is 0.348 e. The summed E-state index contributed by atoms with van der Waals surface area (Å²) in [5.74, 6) is -1.26. The van der Waals surface area contributed by atoms with Gasteiger partial charge in [0.15, 0.2) is 0 Å². The number of hydrogen-bond donors (Lipinski definition) is 1. The molecule has 11 heteroatoms. The molecular weight excluding hydrogens is 456 g/mol. The van der Waals surface area contributed by atoms with Crippen LogP contribution in [0, 0.1) is 11.3 Å². The number of fused-ring (bicyclic) bond motifs is 1. The predicted octanol–water partition coefficient (Wildman–Crippen LogP) is 1.19. The first kappa shape index (κ1) is 23.5. The second-order valence-corrected chi connectivity index (χ2v) is 10.2. The van der Waals surface area contributed by atoms with Gasteiger partial charge < -0.3 is 14.8 Å². The van der Waals surface area contributed by atoms with Gasteiger partial charge in [0.1, 0.15) is 27.2 Å². The van der Waals surface area contributed by atoms with Crippen LogP contribution in [0.25, 0.3) is 0 Å². The van der Waals surface area contributed by atoms with Crippen LogP contribution in [0.15, 0.2) is 35.1 Å². The van der Waals surface area contributed by atoms with Gasteiger partial charge in [-0.15, -0.1) is 0 Å². The molecule has 32 heavy (non-hydrogen) atoms. The summed E-state index contributed by atoms with van der Waals surface area (Å²) in [6, 6.07) is 9.85. The topological polar surface area (TPSA) is 129 Å². The highest BCUT2D eigenvalue weighted by molar-refractivity contribution is 7.90. The van der Waals surface area contributed by atoms with E-state index >= 15 is 0 Å². The number of nitrogens with one attached hydrogen (secondary N) is 1. The summed E-state index contributed by atoms with van der Waals surface area (Å²) in [7, 11) is -3.16. The van der Waals surface area contributed by atoms with E-state index in [4.69, 9.17) is 11.6 Å². The first-order valence-corrected chi connectivity index (χ1v) is 12.2. The number of aromatic nitrogens is 1. The molecule has 0 fully saturated rings. The lowest BCUT2D eigenvalue weighted by Gasteiger charge is -2.30. The molecule has 2 amide bonds. The number of nitrogens with zero attached hydrogens (tertiary/aromatic N) is 3. The summed E-state index contributed by atoms with van der Waals surface area (Å²) in [6.07, 6.45) is 1.37. The summed E-state index contributed by atoms with van der Waals surface area (Å²) >= 11 is 5.84. The van der Waals surface area contributed by atoms with Gasteiger partial charge >= 0.3 is 0 Å². The van der Waals surface area contributed by atoms with Gasteiger partial charge in [0.05, 0.1) is 11.3 Å². The zero-order valence-electron chi connectivity index (χ0n) is 17.3. The monoisotopic (exact) mass is 476 g/mol. The molecule has 1 N–H and O–H groups in total. The van der Waals surface area contributed by atoms with Crippen molar-refractivity contribution in [1.82, 2.24) is 14.8 Å². The van der Waals surface area contributed by atoms with E-state index in [0.29, 0.717) is 5.02 Å². The van der Waals surface area contributed by atoms with Gasteiger partial charge in [0.25, 0.3) is 17.4 Å². The Kier molecular flexibility index (Phi) is 7.01. The normalized spacial score (nSPS) is 13.4. The number of benzene rings is 1. The molecule has 9 nitrogen and oxygen atoms in total. The molecule has 0 saturated carbocycles. The van der Waals surface area contributed by atoms with Crippen LogP contribution >= 0.6 is 11.6 Å². The van der Waals surface area contributed by atoms with Crippen molar-refractivity contribution in [3.8, 4) is 6.07 Å². The SMILES string of the molecule is CS(=O)(=O)CCCN1CCn2c(c(C#N)cc(C(=O)NCc3ccc(Cl)cc3)c2=O)C1=O. The van der Waals surface area contributed by atoms with E-state index < -0.39 is 27.2 Å². The van der Waals surface area contributed by atoms with E-state index in [1.807, 2.05) is 6.07 Å². The second-order valence-electron chi connectivity index (χ2n) is 7.47. The number of pyridine rings is 1. The van der Waals surface area contributed by atoms with E-state index in [9.17, 15) is 28.1 Å². The second kappa shape index (κ2) is 9.54. The number of carbonyl (C=O) groups excluding carboxylic acids is 2. The Hall–Kier alpha value is -3.16. The van der Waals surface area contributed by atoms with Crippen LogP contribution in [0.4, 0.5) is 0 Å². The van der Waals surface area contributed by atoms with Crippen LogP contribution in [0.1, 0.15) is 38.4 Å². The Morgan fingerprint density at radius 2 is 1.91 bits per heavy atom. The minimum atomic E-state index is -3.16. The maximum atomic E-state index is 12.9. The van der Waals surface area contributed by atoms with Gasteiger partial charge in [-0.3, -0.25) is 14.4 Å². The number of sulfone groups is 1. The average Bonchev–Trinajstić information content (AvgIpc) is 2.74. The van der Waals surface area contributed by atoms with Crippen molar-refractivity contribution < 1.29 is 18.0 Å². The fourth-order valence-corrected chi connectivity index (χ4v) is 4.22. The van der Waals surface area contributed by atoms with Crippen LogP contribution < -0.4 is 10.9 Å². The third-order valence-electron chi connectivity index (χ3n) is 5.05. The fraction of sp³-hybridized carbons (Fsp3) is 0.333. The summed E-state index contributed by atoms with van der Waals surface area (Å²) in [4.78, 5) is 39.8. The highest BCUT2D eigenvalue weighted by Gasteiger charge is 2.30. The standard InChI is InChI=1S/C21H21ClN4O5S/c1-32(30,31)10-2-7-25-8-9-26-18(21(25)29)15(12-23)11-17(20(26)28)19(27)24-13-14-3-5-16(22)6-4-14/h3-6,11H,2,7-10,13H2,1H3,(H,24,27). The molecule has 1 aromatic heterocycles. The van der Waals surface area contributed by atoms with Crippen LogP contribution in [0.5, 0.6) is 0 Å². The first-order chi connectivity index (χ1) is 15.1. The van der Waals surface area contributed by atoms with Gasteiger partial charge in [-0.25, -0.2) is 8.42 Å². The molecule has 0 radical (unpaired) electrons. The molecule has 0 aliphatic carbocycles. The quantitative estimate of drug-likeness (QED) is 0.639. The van der Waals surface area contributed by atoms with E-state index in [0.717, 1.165) is 22.5 Å². The van der Waals surface area contributed by atoms with Gasteiger partial charge in [-0.2, -0.15) is 5.26 Å². The van der Waals surface area contributed by atoms with E-state index in [-0.39, 0.29) is 55.2 Å². The van der Waals surface area contributed by atoms with Gasteiger partial charge in [0, 0.05) is 37.5 Å². The van der Waals surface area contributed by atoms with Crippen LogP contribution in [0.3, 0.4) is 0 Å². The Bertz CT molecular complexity index is 1260. The minimum absolute atomic E-state index is 0.0680. The number of halogens is 1. The molecule has 3 rings (SSSR count). The smallest absolute Gasteiger partial charge is 0.272 e. The van der Waals surface area contributed by atoms with E-state index in [2.05, 4.69) is 5.32 Å². The third-order valence-corrected chi connectivity index (χ3v) is 6.33. The molecule has 1 aliphatic heterocycles. The fourth-order valence-electron chi connectivity index (χ4n) is 3.44. The summed E-state index contributed by atoms with van der Waals surface area (Å²) in [5.41, 5.74) is -0.271. The molecule has 1 aliphatic rings. The molecule has 2 aromatic rings. The molecule has 0 spiro atoms. The van der Waals surface area contributed by atoms with Crippen molar-refractivity contribution in [2.24, 2.45) is 0 Å². The van der Waals surface area contributed by atoms with Gasteiger partial charge in [-0.05, 0) is 30.2 Å². The molecular formula is C21H21ClN4O5S. The summed E-state index contributed by atoms with van der Waals surface area (Å²) in [5, 5.41) is 12.7. The summed E-state index contributed by atoms with van der Waals surface area (Å²) in [6.45, 7) is 0.627. The van der Waals surface area contributed by atoms with Gasteiger partial charge in [0.2, 0.25) is 0 Å². The Labute approximate surface area is 190 Å². The highest BCUT2D eigenvalue weighted by atomic mass is 35.5. The van der Waals surface area contributed by atoms with Crippen LogP contribution in [-0.2, 0) is 22.9 Å². The predicted molar refractivity (Wildman–Crippen MR) is 118 cm³/mol. The van der Waals surface area contributed by atoms with Crippen molar-refractivity contribution in [2.45, 2.75) is 19.5 Å². The number of nitriles is 1. The molecule has 168 valence electrons. The third kappa shape index (κ3) is 5.36. The number of hydrogen-bond acceptors (Lipinski definition) is 6. The van der Waals surface area contributed by atoms with Crippen molar-refractivity contribution in [2.75, 3.05) is 25.1 Å². The molecule has 1 aromatic carbocycles. The Balaban J connectivity index is 1.82. The van der Waals surface area contributed by atoms with Crippen molar-refractivity contribution in [3.05, 3.63) is 68.1 Å². The maximum absolute atomic E-state index is 12.9. The minimum Gasteiger partial charge on any atom is -0.348 e. The summed E-state index contributed by atoms with van der Waals surface area (Å²) < 4.78 is 23.8. The first-order valence-electron chi connectivity index (χ1n) is 9.78.